The number of aromatic nitrogens is 2. The van der Waals surface area contributed by atoms with E-state index in [9.17, 15) is 4.79 Å². The Hall–Kier alpha value is -2.47. The lowest BCUT2D eigenvalue weighted by molar-refractivity contribution is 0.112. The van der Waals surface area contributed by atoms with Crippen molar-refractivity contribution in [1.29, 1.82) is 0 Å². The van der Waals surface area contributed by atoms with Gasteiger partial charge in [-0.15, -0.1) is 0 Å². The number of carbonyl (C=O) groups excluding carboxylic acids is 1. The summed E-state index contributed by atoms with van der Waals surface area (Å²) in [7, 11) is 1.38. The lowest BCUT2D eigenvalue weighted by atomic mass is 10.3. The predicted octanol–water partition coefficient (Wildman–Crippen LogP) is 1.89. The number of carbonyl (C=O) groups is 1. The molecule has 2 amide bonds. The summed E-state index contributed by atoms with van der Waals surface area (Å²) in [4.78, 5) is 25.9. The SMILES string of the molecule is CONC(=O)N(c1ccccc1)c1ccncn1. The van der Waals surface area contributed by atoms with Gasteiger partial charge in [-0.05, 0) is 18.2 Å². The van der Waals surface area contributed by atoms with Crippen molar-refractivity contribution in [2.75, 3.05) is 12.0 Å². The maximum Gasteiger partial charge on any atom is 0.351 e. The van der Waals surface area contributed by atoms with E-state index in [0.717, 1.165) is 0 Å². The van der Waals surface area contributed by atoms with Gasteiger partial charge < -0.3 is 0 Å². The Balaban J connectivity index is 2.38. The quantitative estimate of drug-likeness (QED) is 0.837. The van der Waals surface area contributed by atoms with Crippen molar-refractivity contribution in [2.45, 2.75) is 0 Å². The molecule has 0 aliphatic rings. The summed E-state index contributed by atoms with van der Waals surface area (Å²) in [6.07, 6.45) is 2.95. The molecule has 6 heteroatoms. The summed E-state index contributed by atoms with van der Waals surface area (Å²) in [5.74, 6) is 0.464. The molecule has 2 aromatic rings. The Labute approximate surface area is 104 Å². The number of benzene rings is 1. The van der Waals surface area contributed by atoms with Crippen molar-refractivity contribution >= 4 is 17.5 Å². The molecule has 0 saturated heterocycles. The summed E-state index contributed by atoms with van der Waals surface area (Å²) >= 11 is 0. The van der Waals surface area contributed by atoms with Crippen molar-refractivity contribution in [3.8, 4) is 0 Å². The Morgan fingerprint density at radius 3 is 2.67 bits per heavy atom. The predicted molar refractivity (Wildman–Crippen MR) is 66.2 cm³/mol. The second kappa shape index (κ2) is 5.74. The fourth-order valence-corrected chi connectivity index (χ4v) is 1.48. The zero-order valence-corrected chi connectivity index (χ0v) is 9.78. The average Bonchev–Trinajstić information content (AvgIpc) is 2.42. The number of urea groups is 1. The molecule has 1 aromatic carbocycles. The minimum Gasteiger partial charge on any atom is -0.275 e. The first-order chi connectivity index (χ1) is 8.83. The Bertz CT molecular complexity index is 465. The molecule has 0 aliphatic carbocycles. The molecule has 0 atom stereocenters. The van der Waals surface area contributed by atoms with E-state index in [1.54, 1.807) is 24.4 Å². The van der Waals surface area contributed by atoms with Crippen LogP contribution in [0.2, 0.25) is 0 Å². The lowest BCUT2D eigenvalue weighted by Gasteiger charge is -2.21. The normalized spacial score (nSPS) is 9.83. The van der Waals surface area contributed by atoms with Gasteiger partial charge in [-0.25, -0.2) is 25.1 Å². The zero-order chi connectivity index (χ0) is 12.8. The first-order valence-electron chi connectivity index (χ1n) is 5.27. The van der Waals surface area contributed by atoms with E-state index in [1.807, 2.05) is 18.2 Å². The molecule has 0 spiro atoms. The van der Waals surface area contributed by atoms with Gasteiger partial charge in [-0.3, -0.25) is 4.84 Å². The van der Waals surface area contributed by atoms with Gasteiger partial charge in [0.15, 0.2) is 0 Å². The van der Waals surface area contributed by atoms with Gasteiger partial charge in [-0.1, -0.05) is 18.2 Å². The molecule has 0 unspecified atom stereocenters. The molecule has 1 aromatic heterocycles. The number of hydrogen-bond donors (Lipinski definition) is 1. The Kier molecular flexibility index (Phi) is 3.83. The first-order valence-corrected chi connectivity index (χ1v) is 5.27. The first kappa shape index (κ1) is 12.0. The van der Waals surface area contributed by atoms with Crippen LogP contribution in [-0.4, -0.2) is 23.1 Å². The van der Waals surface area contributed by atoms with Gasteiger partial charge in [0.1, 0.15) is 12.1 Å². The van der Waals surface area contributed by atoms with E-state index < -0.39 is 6.03 Å². The number of hydroxylamine groups is 1. The number of rotatable bonds is 3. The van der Waals surface area contributed by atoms with Crippen LogP contribution in [0.15, 0.2) is 48.9 Å². The van der Waals surface area contributed by atoms with Gasteiger partial charge in [-0.2, -0.15) is 0 Å². The maximum atomic E-state index is 12.0. The average molecular weight is 244 g/mol. The van der Waals surface area contributed by atoms with Crippen LogP contribution in [0.25, 0.3) is 0 Å². The molecule has 6 nitrogen and oxygen atoms in total. The topological polar surface area (TPSA) is 67.3 Å². The second-order valence-corrected chi connectivity index (χ2v) is 3.35. The summed E-state index contributed by atoms with van der Waals surface area (Å²) in [6.45, 7) is 0. The summed E-state index contributed by atoms with van der Waals surface area (Å²) in [5, 5.41) is 0. The molecule has 0 fully saturated rings. The molecule has 0 radical (unpaired) electrons. The van der Waals surface area contributed by atoms with E-state index >= 15 is 0 Å². The van der Waals surface area contributed by atoms with Crippen molar-refractivity contribution < 1.29 is 9.63 Å². The van der Waals surface area contributed by atoms with Crippen LogP contribution in [-0.2, 0) is 4.84 Å². The minimum atomic E-state index is -0.428. The van der Waals surface area contributed by atoms with Crippen molar-refractivity contribution in [1.82, 2.24) is 15.4 Å². The highest BCUT2D eigenvalue weighted by atomic mass is 16.6. The summed E-state index contributed by atoms with van der Waals surface area (Å²) in [6, 6.07) is 10.4. The molecule has 92 valence electrons. The third-order valence-electron chi connectivity index (χ3n) is 2.20. The highest BCUT2D eigenvalue weighted by Gasteiger charge is 2.18. The van der Waals surface area contributed by atoms with E-state index in [2.05, 4.69) is 20.3 Å². The van der Waals surface area contributed by atoms with Crippen LogP contribution < -0.4 is 10.4 Å². The smallest absolute Gasteiger partial charge is 0.275 e. The maximum absolute atomic E-state index is 12.0. The molecule has 2 rings (SSSR count). The molecule has 0 bridgehead atoms. The fraction of sp³-hybridized carbons (Fsp3) is 0.0833. The molecule has 1 N–H and O–H groups in total. The molecule has 18 heavy (non-hydrogen) atoms. The van der Waals surface area contributed by atoms with Gasteiger partial charge in [0, 0.05) is 6.20 Å². The van der Waals surface area contributed by atoms with Crippen molar-refractivity contribution in [3.05, 3.63) is 48.9 Å². The van der Waals surface area contributed by atoms with Crippen molar-refractivity contribution in [3.63, 3.8) is 0 Å². The Morgan fingerprint density at radius 2 is 2.06 bits per heavy atom. The van der Waals surface area contributed by atoms with Crippen LogP contribution >= 0.6 is 0 Å². The monoisotopic (exact) mass is 244 g/mol. The highest BCUT2D eigenvalue weighted by molar-refractivity contribution is 5.97. The van der Waals surface area contributed by atoms with Crippen molar-refractivity contribution in [2.24, 2.45) is 0 Å². The number of nitrogens with zero attached hydrogens (tertiary/aromatic N) is 3. The number of anilines is 2. The highest BCUT2D eigenvalue weighted by Crippen LogP contribution is 2.22. The van der Waals surface area contributed by atoms with Crippen LogP contribution in [0.3, 0.4) is 0 Å². The third kappa shape index (κ3) is 2.61. The molecule has 1 heterocycles. The number of hydrogen-bond acceptors (Lipinski definition) is 4. The van der Waals surface area contributed by atoms with Crippen LogP contribution in [0.5, 0.6) is 0 Å². The van der Waals surface area contributed by atoms with Crippen LogP contribution in [0.4, 0.5) is 16.3 Å². The zero-order valence-electron chi connectivity index (χ0n) is 9.78. The number of nitrogens with one attached hydrogen (secondary N) is 1. The second-order valence-electron chi connectivity index (χ2n) is 3.35. The van der Waals surface area contributed by atoms with E-state index in [4.69, 9.17) is 0 Å². The lowest BCUT2D eigenvalue weighted by Crippen LogP contribution is -2.36. The van der Waals surface area contributed by atoms with E-state index in [0.29, 0.717) is 11.5 Å². The largest absolute Gasteiger partial charge is 0.351 e. The van der Waals surface area contributed by atoms with Gasteiger partial charge in [0.25, 0.3) is 0 Å². The number of amides is 2. The van der Waals surface area contributed by atoms with Gasteiger partial charge in [0.2, 0.25) is 0 Å². The van der Waals surface area contributed by atoms with Gasteiger partial charge in [0.05, 0.1) is 12.8 Å². The molecular weight excluding hydrogens is 232 g/mol. The molecule has 0 saturated carbocycles. The number of para-hydroxylation sites is 1. The minimum absolute atomic E-state index is 0.428. The third-order valence-corrected chi connectivity index (χ3v) is 2.20. The van der Waals surface area contributed by atoms with Crippen LogP contribution in [0.1, 0.15) is 0 Å². The summed E-state index contributed by atoms with van der Waals surface area (Å²) in [5.41, 5.74) is 2.96. The Morgan fingerprint density at radius 1 is 1.28 bits per heavy atom. The van der Waals surface area contributed by atoms with Crippen LogP contribution in [0, 0.1) is 0 Å². The molecular formula is C12H12N4O2. The molecule has 0 aliphatic heterocycles. The van der Waals surface area contributed by atoms with E-state index in [1.165, 1.54) is 18.3 Å². The standard InChI is InChI=1S/C12H12N4O2/c1-18-15-12(17)16(10-5-3-2-4-6-10)11-7-8-13-9-14-11/h2-9H,1H3,(H,15,17). The van der Waals surface area contributed by atoms with Gasteiger partial charge >= 0.3 is 6.03 Å². The summed E-state index contributed by atoms with van der Waals surface area (Å²) < 4.78 is 0. The van der Waals surface area contributed by atoms with E-state index in [-0.39, 0.29) is 0 Å². The fourth-order valence-electron chi connectivity index (χ4n) is 1.48.